The molecule has 0 radical (unpaired) electrons. The van der Waals surface area contributed by atoms with Crippen LogP contribution >= 0.6 is 0 Å². The molecule has 1 spiro atoms. The van der Waals surface area contributed by atoms with Gasteiger partial charge in [0.1, 0.15) is 12.4 Å². The van der Waals surface area contributed by atoms with Crippen molar-refractivity contribution in [3.8, 4) is 5.75 Å². The lowest BCUT2D eigenvalue weighted by Crippen LogP contribution is -2.52. The number of para-hydroxylation sites is 1. The molecule has 1 N–H and O–H groups in total. The Kier molecular flexibility index (Phi) is 8.01. The monoisotopic (exact) mass is 517 g/mol. The van der Waals surface area contributed by atoms with E-state index >= 15 is 0 Å². The molecule has 0 aliphatic carbocycles. The first kappa shape index (κ1) is 26.3. The number of benzene rings is 2. The summed E-state index contributed by atoms with van der Waals surface area (Å²) in [6.07, 6.45) is 6.57. The zero-order valence-corrected chi connectivity index (χ0v) is 22.4. The van der Waals surface area contributed by atoms with Crippen LogP contribution in [0.5, 0.6) is 5.75 Å². The summed E-state index contributed by atoms with van der Waals surface area (Å²) in [5.41, 5.74) is 2.40. The Hall–Kier alpha value is -3.35. The first-order valence-electron chi connectivity index (χ1n) is 14.1. The molecule has 3 heterocycles. The number of fused-ring (bicyclic) bond motifs is 1. The zero-order valence-electron chi connectivity index (χ0n) is 22.4. The highest BCUT2D eigenvalue weighted by Crippen LogP contribution is 2.38. The molecular formula is C31H39N3O4. The van der Waals surface area contributed by atoms with E-state index < -0.39 is 5.41 Å². The summed E-state index contributed by atoms with van der Waals surface area (Å²) in [6.45, 7) is 4.88. The van der Waals surface area contributed by atoms with Crippen molar-refractivity contribution in [1.29, 1.82) is 0 Å². The summed E-state index contributed by atoms with van der Waals surface area (Å²) < 4.78 is 6.06. The van der Waals surface area contributed by atoms with E-state index in [1.165, 1.54) is 5.56 Å². The third-order valence-corrected chi connectivity index (χ3v) is 8.40. The Morgan fingerprint density at radius 3 is 2.58 bits per heavy atom. The maximum atomic E-state index is 13.5. The first-order valence-corrected chi connectivity index (χ1v) is 14.1. The van der Waals surface area contributed by atoms with E-state index in [0.29, 0.717) is 51.1 Å². The van der Waals surface area contributed by atoms with Crippen LogP contribution in [0.25, 0.3) is 0 Å². The standard InChI is InChI=1S/C31H39N3O4/c1-23-22-38-27-12-3-2-9-25(27)10-4-5-14-31(30(37)32-23)15-18-33(19-16-31)29(36)26-11-6-8-24(20-26)21-34-17-7-13-28(34)35/h2-3,6,8-9,11-12,20,23H,4-5,7,10,13-19,21-22H2,1H3,(H,32,37)/t23-/m0/s1. The van der Waals surface area contributed by atoms with Gasteiger partial charge < -0.3 is 19.9 Å². The summed E-state index contributed by atoms with van der Waals surface area (Å²) in [5, 5.41) is 3.21. The van der Waals surface area contributed by atoms with Gasteiger partial charge in [-0.2, -0.15) is 0 Å². The number of likely N-dealkylation sites (tertiary alicyclic amines) is 2. The minimum absolute atomic E-state index is 0.00128. The number of hydrogen-bond donors (Lipinski definition) is 1. The number of rotatable bonds is 3. The summed E-state index contributed by atoms with van der Waals surface area (Å²) in [7, 11) is 0. The van der Waals surface area contributed by atoms with E-state index in [1.54, 1.807) is 0 Å². The molecular weight excluding hydrogens is 478 g/mol. The Morgan fingerprint density at radius 1 is 0.974 bits per heavy atom. The molecule has 0 unspecified atom stereocenters. The number of carbonyl (C=O) groups excluding carboxylic acids is 3. The van der Waals surface area contributed by atoms with Gasteiger partial charge in [-0.05, 0) is 74.8 Å². The van der Waals surface area contributed by atoms with Gasteiger partial charge in [-0.25, -0.2) is 0 Å². The van der Waals surface area contributed by atoms with Crippen molar-refractivity contribution in [2.24, 2.45) is 5.41 Å². The highest BCUT2D eigenvalue weighted by molar-refractivity contribution is 5.94. The maximum absolute atomic E-state index is 13.5. The molecule has 3 aliphatic rings. The molecule has 202 valence electrons. The van der Waals surface area contributed by atoms with E-state index in [2.05, 4.69) is 17.4 Å². The lowest BCUT2D eigenvalue weighted by atomic mass is 9.73. The van der Waals surface area contributed by atoms with Gasteiger partial charge in [0.25, 0.3) is 5.91 Å². The Bertz CT molecular complexity index is 1170. The SMILES string of the molecule is C[C@H]1COc2ccccc2CCCCC2(CCN(C(=O)c3cccc(CN4CCCC4=O)c3)CC2)C(=O)N1. The molecule has 0 bridgehead atoms. The molecule has 0 saturated carbocycles. The fourth-order valence-corrected chi connectivity index (χ4v) is 6.07. The quantitative estimate of drug-likeness (QED) is 0.657. The average molecular weight is 518 g/mol. The third kappa shape index (κ3) is 5.87. The fourth-order valence-electron chi connectivity index (χ4n) is 6.07. The predicted octanol–water partition coefficient (Wildman–Crippen LogP) is 4.34. The molecule has 2 aromatic rings. The van der Waals surface area contributed by atoms with Crippen LogP contribution in [0.15, 0.2) is 48.5 Å². The molecule has 7 heteroatoms. The highest BCUT2D eigenvalue weighted by atomic mass is 16.5. The van der Waals surface area contributed by atoms with Crippen molar-refractivity contribution in [3.05, 3.63) is 65.2 Å². The Morgan fingerprint density at radius 2 is 1.79 bits per heavy atom. The van der Waals surface area contributed by atoms with Crippen LogP contribution in [0.1, 0.15) is 73.4 Å². The van der Waals surface area contributed by atoms with Gasteiger partial charge in [0.2, 0.25) is 11.8 Å². The lowest BCUT2D eigenvalue weighted by molar-refractivity contribution is -0.135. The normalized spacial score (nSPS) is 22.2. The summed E-state index contributed by atoms with van der Waals surface area (Å²) in [6, 6.07) is 15.7. The van der Waals surface area contributed by atoms with Crippen LogP contribution < -0.4 is 10.1 Å². The molecule has 2 saturated heterocycles. The predicted molar refractivity (Wildman–Crippen MR) is 146 cm³/mol. The van der Waals surface area contributed by atoms with Gasteiger partial charge in [0.05, 0.1) is 11.5 Å². The number of ether oxygens (including phenoxy) is 1. The van der Waals surface area contributed by atoms with Gasteiger partial charge in [0.15, 0.2) is 0 Å². The van der Waals surface area contributed by atoms with E-state index in [0.717, 1.165) is 50.0 Å². The number of aryl methyl sites for hydroxylation is 1. The molecule has 7 nitrogen and oxygen atoms in total. The maximum Gasteiger partial charge on any atom is 0.253 e. The Balaban J connectivity index is 1.23. The molecule has 38 heavy (non-hydrogen) atoms. The molecule has 2 aromatic carbocycles. The number of piperidine rings is 1. The topological polar surface area (TPSA) is 79.0 Å². The molecule has 0 aromatic heterocycles. The molecule has 3 amide bonds. The lowest BCUT2D eigenvalue weighted by Gasteiger charge is -2.41. The van der Waals surface area contributed by atoms with Crippen molar-refractivity contribution in [2.75, 3.05) is 26.2 Å². The van der Waals surface area contributed by atoms with Crippen LogP contribution in [-0.4, -0.2) is 59.8 Å². The summed E-state index contributed by atoms with van der Waals surface area (Å²) >= 11 is 0. The van der Waals surface area contributed by atoms with Gasteiger partial charge in [0, 0.05) is 38.2 Å². The van der Waals surface area contributed by atoms with E-state index in [9.17, 15) is 14.4 Å². The van der Waals surface area contributed by atoms with Gasteiger partial charge in [-0.3, -0.25) is 14.4 Å². The highest BCUT2D eigenvalue weighted by Gasteiger charge is 2.42. The number of nitrogens with one attached hydrogen (secondary N) is 1. The molecule has 1 atom stereocenters. The Labute approximate surface area is 225 Å². The van der Waals surface area contributed by atoms with Crippen molar-refractivity contribution >= 4 is 17.7 Å². The summed E-state index contributed by atoms with van der Waals surface area (Å²) in [4.78, 5) is 42.7. The van der Waals surface area contributed by atoms with Crippen molar-refractivity contribution in [3.63, 3.8) is 0 Å². The molecule has 2 fully saturated rings. The van der Waals surface area contributed by atoms with Gasteiger partial charge in [-0.1, -0.05) is 36.8 Å². The van der Waals surface area contributed by atoms with Gasteiger partial charge >= 0.3 is 0 Å². The van der Waals surface area contributed by atoms with Crippen LogP contribution in [0, 0.1) is 5.41 Å². The smallest absolute Gasteiger partial charge is 0.253 e. The number of amides is 3. The average Bonchev–Trinajstić information content (AvgIpc) is 3.33. The zero-order chi connectivity index (χ0) is 26.5. The van der Waals surface area contributed by atoms with Crippen LogP contribution in [0.3, 0.4) is 0 Å². The van der Waals surface area contributed by atoms with Crippen LogP contribution in [0.4, 0.5) is 0 Å². The second-order valence-electron chi connectivity index (χ2n) is 11.2. The molecule has 3 aliphatic heterocycles. The van der Waals surface area contributed by atoms with Crippen molar-refractivity contribution in [1.82, 2.24) is 15.1 Å². The number of carbonyl (C=O) groups is 3. The second-order valence-corrected chi connectivity index (χ2v) is 11.2. The first-order chi connectivity index (χ1) is 18.4. The van der Waals surface area contributed by atoms with Gasteiger partial charge in [-0.15, -0.1) is 0 Å². The van der Waals surface area contributed by atoms with E-state index in [1.807, 2.05) is 53.1 Å². The minimum atomic E-state index is -0.457. The van der Waals surface area contributed by atoms with Crippen LogP contribution in [0.2, 0.25) is 0 Å². The van der Waals surface area contributed by atoms with Crippen LogP contribution in [-0.2, 0) is 22.6 Å². The third-order valence-electron chi connectivity index (χ3n) is 8.40. The van der Waals surface area contributed by atoms with Crippen molar-refractivity contribution in [2.45, 2.75) is 70.9 Å². The fraction of sp³-hybridized carbons (Fsp3) is 0.516. The van der Waals surface area contributed by atoms with E-state index in [-0.39, 0.29) is 23.8 Å². The molecule has 5 rings (SSSR count). The number of hydrogen-bond acceptors (Lipinski definition) is 4. The number of nitrogens with zero attached hydrogens (tertiary/aromatic N) is 2. The second kappa shape index (κ2) is 11.6. The summed E-state index contributed by atoms with van der Waals surface area (Å²) in [5.74, 6) is 1.18. The minimum Gasteiger partial charge on any atom is -0.491 e. The largest absolute Gasteiger partial charge is 0.491 e. The van der Waals surface area contributed by atoms with E-state index in [4.69, 9.17) is 4.74 Å². The van der Waals surface area contributed by atoms with Crippen molar-refractivity contribution < 1.29 is 19.1 Å².